The van der Waals surface area contributed by atoms with Gasteiger partial charge in [-0.05, 0) is 25.0 Å². The summed E-state index contributed by atoms with van der Waals surface area (Å²) in [5, 5.41) is 2.60. The molecule has 2 atom stereocenters. The van der Waals surface area contributed by atoms with E-state index < -0.39 is 18.5 Å². The lowest BCUT2D eigenvalue weighted by atomic mass is 9.81. The number of fused-ring (bicyclic) bond motifs is 2. The van der Waals surface area contributed by atoms with Crippen LogP contribution in [0.25, 0.3) is 0 Å². The molecule has 1 saturated carbocycles. The number of ether oxygens (including phenoxy) is 3. The molecule has 0 unspecified atom stereocenters. The Morgan fingerprint density at radius 1 is 1.07 bits per heavy atom. The third-order valence-electron chi connectivity index (χ3n) is 5.49. The first-order valence-electron chi connectivity index (χ1n) is 9.73. The quantitative estimate of drug-likeness (QED) is 0.566. The average molecular weight is 402 g/mol. The number of rotatable bonds is 6. The van der Waals surface area contributed by atoms with Crippen molar-refractivity contribution in [2.24, 2.45) is 11.8 Å². The molecule has 0 spiro atoms. The van der Waals surface area contributed by atoms with Gasteiger partial charge in [0.25, 0.3) is 5.91 Å². The lowest BCUT2D eigenvalue weighted by Gasteiger charge is -2.19. The van der Waals surface area contributed by atoms with E-state index in [0.717, 1.165) is 25.7 Å². The van der Waals surface area contributed by atoms with Crippen LogP contribution in [-0.2, 0) is 23.9 Å². The van der Waals surface area contributed by atoms with E-state index in [1.165, 1.54) is 4.90 Å². The highest BCUT2D eigenvalue weighted by Gasteiger charge is 2.47. The number of amides is 3. The van der Waals surface area contributed by atoms with Crippen LogP contribution in [0.1, 0.15) is 32.1 Å². The summed E-state index contributed by atoms with van der Waals surface area (Å²) in [5.74, 6) is -0.862. The van der Waals surface area contributed by atoms with Crippen molar-refractivity contribution in [3.05, 3.63) is 18.2 Å². The highest BCUT2D eigenvalue weighted by molar-refractivity contribution is 6.05. The zero-order valence-corrected chi connectivity index (χ0v) is 15.8. The molecule has 9 heteroatoms. The van der Waals surface area contributed by atoms with Gasteiger partial charge in [0.2, 0.25) is 18.6 Å². The van der Waals surface area contributed by atoms with Crippen molar-refractivity contribution in [1.82, 2.24) is 4.90 Å². The molecule has 1 aliphatic carbocycles. The lowest BCUT2D eigenvalue weighted by Crippen LogP contribution is -2.33. The summed E-state index contributed by atoms with van der Waals surface area (Å²) < 4.78 is 15.4. The topological polar surface area (TPSA) is 111 Å². The van der Waals surface area contributed by atoms with E-state index in [-0.39, 0.29) is 43.4 Å². The molecule has 1 saturated heterocycles. The van der Waals surface area contributed by atoms with Crippen LogP contribution in [0.5, 0.6) is 11.5 Å². The number of esters is 1. The van der Waals surface area contributed by atoms with Crippen LogP contribution in [0.4, 0.5) is 5.69 Å². The number of nitrogens with one attached hydrogen (secondary N) is 1. The summed E-state index contributed by atoms with van der Waals surface area (Å²) in [5.41, 5.74) is 0.492. The maximum Gasteiger partial charge on any atom is 0.308 e. The van der Waals surface area contributed by atoms with Gasteiger partial charge >= 0.3 is 5.97 Å². The molecular weight excluding hydrogens is 380 g/mol. The van der Waals surface area contributed by atoms with E-state index in [2.05, 4.69) is 5.32 Å². The smallest absolute Gasteiger partial charge is 0.308 e. The molecule has 2 heterocycles. The van der Waals surface area contributed by atoms with Crippen molar-refractivity contribution < 1.29 is 33.4 Å². The van der Waals surface area contributed by atoms with E-state index in [1.807, 2.05) is 0 Å². The maximum atomic E-state index is 12.4. The summed E-state index contributed by atoms with van der Waals surface area (Å²) in [6, 6.07) is 4.94. The van der Waals surface area contributed by atoms with Crippen molar-refractivity contribution >= 4 is 29.4 Å². The zero-order chi connectivity index (χ0) is 20.4. The molecule has 1 N–H and O–H groups in total. The van der Waals surface area contributed by atoms with Crippen LogP contribution in [-0.4, -0.2) is 48.5 Å². The molecule has 3 amide bonds. The van der Waals surface area contributed by atoms with Gasteiger partial charge in [0.05, 0.1) is 18.3 Å². The van der Waals surface area contributed by atoms with Gasteiger partial charge in [-0.25, -0.2) is 0 Å². The number of carbonyl (C=O) groups is 4. The van der Waals surface area contributed by atoms with E-state index in [9.17, 15) is 19.2 Å². The van der Waals surface area contributed by atoms with Crippen LogP contribution in [0.2, 0.25) is 0 Å². The normalized spacial score (nSPS) is 22.4. The molecule has 0 radical (unpaired) electrons. The number of benzene rings is 1. The summed E-state index contributed by atoms with van der Waals surface area (Å²) in [6.45, 7) is -0.332. The molecule has 2 fully saturated rings. The molecule has 0 bridgehead atoms. The number of likely N-dealkylation sites (tertiary alicyclic amines) is 1. The van der Waals surface area contributed by atoms with Crippen LogP contribution in [0, 0.1) is 11.8 Å². The van der Waals surface area contributed by atoms with Crippen molar-refractivity contribution in [2.75, 3.05) is 25.3 Å². The first-order chi connectivity index (χ1) is 14.0. The second-order valence-corrected chi connectivity index (χ2v) is 7.35. The van der Waals surface area contributed by atoms with Gasteiger partial charge in [0, 0.05) is 18.3 Å². The fourth-order valence-electron chi connectivity index (χ4n) is 4.04. The number of nitrogens with zero attached hydrogens (tertiary/aromatic N) is 1. The Bertz CT molecular complexity index is 829. The molecule has 3 aliphatic rings. The van der Waals surface area contributed by atoms with Crippen molar-refractivity contribution in [1.29, 1.82) is 0 Å². The van der Waals surface area contributed by atoms with Crippen molar-refractivity contribution in [2.45, 2.75) is 32.1 Å². The summed E-state index contributed by atoms with van der Waals surface area (Å²) in [4.78, 5) is 49.9. The summed E-state index contributed by atoms with van der Waals surface area (Å²) in [6.07, 6.45) is 3.24. The molecule has 9 nitrogen and oxygen atoms in total. The minimum absolute atomic E-state index is 0.00667. The lowest BCUT2D eigenvalue weighted by molar-refractivity contribution is -0.148. The SMILES string of the molecule is O=C(COC(=O)CCN1C(=O)[C@H]2CCCC[C@@H]2C1=O)Nc1ccc2c(c1)OCO2. The third kappa shape index (κ3) is 4.03. The number of anilines is 1. The zero-order valence-electron chi connectivity index (χ0n) is 15.8. The monoisotopic (exact) mass is 402 g/mol. The summed E-state index contributed by atoms with van der Waals surface area (Å²) >= 11 is 0. The standard InChI is InChI=1S/C20H22N2O7/c23-17(21-12-5-6-15-16(9-12)29-11-28-15)10-27-18(24)7-8-22-19(25)13-3-1-2-4-14(13)20(22)26/h5-6,9,13-14H,1-4,7-8,10-11H2,(H,21,23)/t13-,14-/m0/s1. The third-order valence-corrected chi connectivity index (χ3v) is 5.49. The van der Waals surface area contributed by atoms with E-state index in [0.29, 0.717) is 17.2 Å². The molecule has 0 aromatic heterocycles. The molecule has 1 aromatic rings. The first-order valence-corrected chi connectivity index (χ1v) is 9.73. The predicted molar refractivity (Wildman–Crippen MR) is 98.9 cm³/mol. The second kappa shape index (κ2) is 8.10. The number of carbonyl (C=O) groups excluding carboxylic acids is 4. The highest BCUT2D eigenvalue weighted by Crippen LogP contribution is 2.38. The Balaban J connectivity index is 1.21. The number of imide groups is 1. The Labute approximate surface area is 167 Å². The average Bonchev–Trinajstić information content (AvgIpc) is 3.28. The van der Waals surface area contributed by atoms with Gasteiger partial charge in [-0.3, -0.25) is 24.1 Å². The minimum Gasteiger partial charge on any atom is -0.456 e. The van der Waals surface area contributed by atoms with Crippen LogP contribution in [0.3, 0.4) is 0 Å². The van der Waals surface area contributed by atoms with Gasteiger partial charge in [-0.1, -0.05) is 12.8 Å². The molecule has 2 aliphatic heterocycles. The molecule has 29 heavy (non-hydrogen) atoms. The molecule has 154 valence electrons. The van der Waals surface area contributed by atoms with Gasteiger partial charge < -0.3 is 19.5 Å². The van der Waals surface area contributed by atoms with Gasteiger partial charge in [0.1, 0.15) is 0 Å². The first kappa shape index (κ1) is 19.2. The Morgan fingerprint density at radius 2 is 1.76 bits per heavy atom. The summed E-state index contributed by atoms with van der Waals surface area (Å²) in [7, 11) is 0. The van der Waals surface area contributed by atoms with Gasteiger partial charge in [-0.2, -0.15) is 0 Å². The van der Waals surface area contributed by atoms with Crippen LogP contribution in [0.15, 0.2) is 18.2 Å². The Morgan fingerprint density at radius 3 is 2.48 bits per heavy atom. The fourth-order valence-corrected chi connectivity index (χ4v) is 4.04. The predicted octanol–water partition coefficient (Wildman–Crippen LogP) is 1.46. The second-order valence-electron chi connectivity index (χ2n) is 7.35. The van der Waals surface area contributed by atoms with Crippen LogP contribution < -0.4 is 14.8 Å². The molecule has 1 aromatic carbocycles. The Hall–Kier alpha value is -3.10. The number of hydrogen-bond donors (Lipinski definition) is 1. The van der Waals surface area contributed by atoms with Crippen molar-refractivity contribution in [3.63, 3.8) is 0 Å². The fraction of sp³-hybridized carbons (Fsp3) is 0.500. The van der Waals surface area contributed by atoms with Crippen LogP contribution >= 0.6 is 0 Å². The van der Waals surface area contributed by atoms with Gasteiger partial charge in [0.15, 0.2) is 18.1 Å². The van der Waals surface area contributed by atoms with Gasteiger partial charge in [-0.15, -0.1) is 0 Å². The molecule has 4 rings (SSSR count). The van der Waals surface area contributed by atoms with E-state index in [1.54, 1.807) is 18.2 Å². The number of hydrogen-bond acceptors (Lipinski definition) is 7. The largest absolute Gasteiger partial charge is 0.456 e. The molecular formula is C20H22N2O7. The minimum atomic E-state index is -0.638. The van der Waals surface area contributed by atoms with Crippen molar-refractivity contribution in [3.8, 4) is 11.5 Å². The highest BCUT2D eigenvalue weighted by atomic mass is 16.7. The van der Waals surface area contributed by atoms with E-state index in [4.69, 9.17) is 14.2 Å². The Kier molecular flexibility index (Phi) is 5.37. The maximum absolute atomic E-state index is 12.4. The van der Waals surface area contributed by atoms with E-state index >= 15 is 0 Å².